The van der Waals surface area contributed by atoms with Crippen LogP contribution < -0.4 is 10.5 Å². The molecule has 5 nitrogen and oxygen atoms in total. The molecule has 1 aromatic carbocycles. The third kappa shape index (κ3) is 2.45. The molecule has 1 fully saturated rings. The Morgan fingerprint density at radius 3 is 2.56 bits per heavy atom. The number of imide groups is 1. The molecule has 0 bridgehead atoms. The van der Waals surface area contributed by atoms with Gasteiger partial charge in [-0.25, -0.2) is 0 Å². The molecule has 1 aromatic rings. The number of anilines is 1. The summed E-state index contributed by atoms with van der Waals surface area (Å²) in [6.45, 7) is 2.64. The van der Waals surface area contributed by atoms with Gasteiger partial charge in [-0.15, -0.1) is 0 Å². The number of nitrogen functional groups attached to an aromatic ring is 1. The Morgan fingerprint density at radius 2 is 1.94 bits per heavy atom. The van der Waals surface area contributed by atoms with Crippen LogP contribution in [0.4, 0.5) is 5.69 Å². The Morgan fingerprint density at radius 1 is 1.28 bits per heavy atom. The Bertz CT molecular complexity index is 469. The summed E-state index contributed by atoms with van der Waals surface area (Å²) in [5.41, 5.74) is 7.08. The number of nitrogens with zero attached hydrogens (tertiary/aromatic N) is 1. The normalized spacial score (nSPS) is 15.3. The first-order valence-corrected chi connectivity index (χ1v) is 5.96. The van der Waals surface area contributed by atoms with E-state index in [-0.39, 0.29) is 18.4 Å². The van der Waals surface area contributed by atoms with Crippen molar-refractivity contribution in [3.63, 3.8) is 0 Å². The number of hydrogen-bond acceptors (Lipinski definition) is 4. The van der Waals surface area contributed by atoms with Crippen LogP contribution in [0.25, 0.3) is 0 Å². The Balaban J connectivity index is 2.24. The van der Waals surface area contributed by atoms with Crippen LogP contribution in [0.1, 0.15) is 25.3 Å². The number of carbonyl (C=O) groups excluding carboxylic acids is 2. The van der Waals surface area contributed by atoms with E-state index in [0.29, 0.717) is 30.9 Å². The zero-order chi connectivity index (χ0) is 13.1. The number of carbonyl (C=O) groups is 2. The summed E-state index contributed by atoms with van der Waals surface area (Å²) in [6, 6.07) is 5.24. The topological polar surface area (TPSA) is 72.6 Å². The summed E-state index contributed by atoms with van der Waals surface area (Å²) in [5, 5.41) is 0. The van der Waals surface area contributed by atoms with Crippen molar-refractivity contribution in [2.45, 2.75) is 26.3 Å². The smallest absolute Gasteiger partial charge is 0.230 e. The second-order valence-corrected chi connectivity index (χ2v) is 4.17. The molecule has 0 saturated carbocycles. The second kappa shape index (κ2) is 5.08. The molecule has 1 heterocycles. The molecule has 2 amide bonds. The number of hydrogen-bond donors (Lipinski definition) is 1. The third-order valence-corrected chi connectivity index (χ3v) is 2.87. The predicted octanol–water partition coefficient (Wildman–Crippen LogP) is 1.32. The van der Waals surface area contributed by atoms with Gasteiger partial charge in [0.1, 0.15) is 5.75 Å². The average molecular weight is 248 g/mol. The van der Waals surface area contributed by atoms with E-state index in [1.807, 2.05) is 6.92 Å². The van der Waals surface area contributed by atoms with Crippen molar-refractivity contribution in [3.05, 3.63) is 23.8 Å². The minimum atomic E-state index is -0.134. The van der Waals surface area contributed by atoms with Gasteiger partial charge in [-0.2, -0.15) is 0 Å². The van der Waals surface area contributed by atoms with Crippen molar-refractivity contribution in [1.29, 1.82) is 0 Å². The number of rotatable bonds is 4. The molecule has 0 aromatic heterocycles. The summed E-state index contributed by atoms with van der Waals surface area (Å²) < 4.78 is 5.47. The van der Waals surface area contributed by atoms with Gasteiger partial charge in [0.05, 0.1) is 13.2 Å². The lowest BCUT2D eigenvalue weighted by atomic mass is 10.1. The van der Waals surface area contributed by atoms with Gasteiger partial charge in [0.25, 0.3) is 0 Å². The largest absolute Gasteiger partial charge is 0.494 e. The number of likely N-dealkylation sites (tertiary alicyclic amines) is 1. The maximum absolute atomic E-state index is 11.6. The van der Waals surface area contributed by atoms with E-state index in [1.54, 1.807) is 18.2 Å². The molecule has 0 aliphatic carbocycles. The molecule has 0 spiro atoms. The van der Waals surface area contributed by atoms with E-state index in [2.05, 4.69) is 0 Å². The standard InChI is InChI=1S/C13H16N2O3/c1-2-18-11-4-3-10(14)7-9(11)8-15-12(16)5-6-13(15)17/h3-4,7H,2,5-6,8,14H2,1H3. The summed E-state index contributed by atoms with van der Waals surface area (Å²) in [4.78, 5) is 24.4. The van der Waals surface area contributed by atoms with Crippen LogP contribution in [-0.2, 0) is 16.1 Å². The lowest BCUT2D eigenvalue weighted by molar-refractivity contribution is -0.139. The molecule has 0 radical (unpaired) electrons. The van der Waals surface area contributed by atoms with Crippen molar-refractivity contribution in [2.24, 2.45) is 0 Å². The van der Waals surface area contributed by atoms with E-state index in [4.69, 9.17) is 10.5 Å². The van der Waals surface area contributed by atoms with Gasteiger partial charge in [-0.3, -0.25) is 14.5 Å². The quantitative estimate of drug-likeness (QED) is 0.644. The highest BCUT2D eigenvalue weighted by atomic mass is 16.5. The van der Waals surface area contributed by atoms with Crippen LogP contribution in [-0.4, -0.2) is 23.3 Å². The monoisotopic (exact) mass is 248 g/mol. The van der Waals surface area contributed by atoms with Gasteiger partial charge in [0.15, 0.2) is 0 Å². The number of nitrogens with two attached hydrogens (primary N) is 1. The fourth-order valence-corrected chi connectivity index (χ4v) is 1.99. The van der Waals surface area contributed by atoms with Crippen molar-refractivity contribution in [2.75, 3.05) is 12.3 Å². The van der Waals surface area contributed by atoms with Crippen LogP contribution in [0, 0.1) is 0 Å². The average Bonchev–Trinajstić information content (AvgIpc) is 2.64. The molecule has 5 heteroatoms. The van der Waals surface area contributed by atoms with Crippen molar-refractivity contribution in [3.8, 4) is 5.75 Å². The SMILES string of the molecule is CCOc1ccc(N)cc1CN1C(=O)CCC1=O. The maximum atomic E-state index is 11.6. The van der Waals surface area contributed by atoms with Gasteiger partial charge in [0, 0.05) is 24.1 Å². The van der Waals surface area contributed by atoms with Crippen LogP contribution in [0.3, 0.4) is 0 Å². The van der Waals surface area contributed by atoms with E-state index in [1.165, 1.54) is 4.90 Å². The molecule has 0 unspecified atom stereocenters. The fourth-order valence-electron chi connectivity index (χ4n) is 1.99. The molecule has 2 N–H and O–H groups in total. The molecule has 0 atom stereocenters. The zero-order valence-corrected chi connectivity index (χ0v) is 10.3. The van der Waals surface area contributed by atoms with E-state index < -0.39 is 0 Å². The lowest BCUT2D eigenvalue weighted by Crippen LogP contribution is -2.28. The summed E-state index contributed by atoms with van der Waals surface area (Å²) >= 11 is 0. The maximum Gasteiger partial charge on any atom is 0.230 e. The zero-order valence-electron chi connectivity index (χ0n) is 10.3. The molecule has 1 aliphatic rings. The van der Waals surface area contributed by atoms with Gasteiger partial charge in [-0.05, 0) is 25.1 Å². The Kier molecular flexibility index (Phi) is 3.50. The molecular formula is C13H16N2O3. The third-order valence-electron chi connectivity index (χ3n) is 2.87. The molecule has 1 aliphatic heterocycles. The number of ether oxygens (including phenoxy) is 1. The first kappa shape index (κ1) is 12.4. The predicted molar refractivity (Wildman–Crippen MR) is 66.8 cm³/mol. The van der Waals surface area contributed by atoms with Crippen molar-refractivity contribution in [1.82, 2.24) is 4.90 Å². The van der Waals surface area contributed by atoms with E-state index in [0.717, 1.165) is 5.56 Å². The molecule has 18 heavy (non-hydrogen) atoms. The van der Waals surface area contributed by atoms with Crippen LogP contribution in [0.2, 0.25) is 0 Å². The van der Waals surface area contributed by atoms with Gasteiger partial charge >= 0.3 is 0 Å². The minimum absolute atomic E-state index is 0.134. The molecular weight excluding hydrogens is 232 g/mol. The second-order valence-electron chi connectivity index (χ2n) is 4.17. The van der Waals surface area contributed by atoms with E-state index >= 15 is 0 Å². The van der Waals surface area contributed by atoms with Gasteiger partial charge in [-0.1, -0.05) is 0 Å². The number of amides is 2. The number of benzene rings is 1. The van der Waals surface area contributed by atoms with Gasteiger partial charge < -0.3 is 10.5 Å². The fraction of sp³-hybridized carbons (Fsp3) is 0.385. The summed E-state index contributed by atoms with van der Waals surface area (Å²) in [7, 11) is 0. The summed E-state index contributed by atoms with van der Waals surface area (Å²) in [5.74, 6) is 0.397. The lowest BCUT2D eigenvalue weighted by Gasteiger charge is -2.17. The highest BCUT2D eigenvalue weighted by Gasteiger charge is 2.29. The van der Waals surface area contributed by atoms with Crippen LogP contribution in [0.15, 0.2) is 18.2 Å². The highest BCUT2D eigenvalue weighted by Crippen LogP contribution is 2.25. The Hall–Kier alpha value is -2.04. The van der Waals surface area contributed by atoms with Crippen molar-refractivity contribution >= 4 is 17.5 Å². The van der Waals surface area contributed by atoms with Gasteiger partial charge in [0.2, 0.25) is 11.8 Å². The highest BCUT2D eigenvalue weighted by molar-refractivity contribution is 6.01. The van der Waals surface area contributed by atoms with E-state index in [9.17, 15) is 9.59 Å². The molecule has 1 saturated heterocycles. The molecule has 96 valence electrons. The molecule has 2 rings (SSSR count). The first-order valence-electron chi connectivity index (χ1n) is 5.96. The Labute approximate surface area is 106 Å². The minimum Gasteiger partial charge on any atom is -0.494 e. The first-order chi connectivity index (χ1) is 8.61. The van der Waals surface area contributed by atoms with Crippen LogP contribution in [0.5, 0.6) is 5.75 Å². The van der Waals surface area contributed by atoms with Crippen LogP contribution >= 0.6 is 0 Å². The van der Waals surface area contributed by atoms with Crippen molar-refractivity contribution < 1.29 is 14.3 Å². The summed E-state index contributed by atoms with van der Waals surface area (Å²) in [6.07, 6.45) is 0.593.